The molecule has 3 aliphatic rings. The average Bonchev–Trinajstić information content (AvgIpc) is 3.41. The maximum Gasteiger partial charge on any atom is 0.335 e. The SMILES string of the molecule is CCCC.CCCCC1c2ccc(C(=O)O)cc2N(CC(=O)N(C)C)C1c1ccc(OC2CCN(C)CC2)cc1.O=CN1CCOCC1. The van der Waals surface area contributed by atoms with Gasteiger partial charge in [0.15, 0.2) is 0 Å². The number of unbranched alkanes of at least 4 members (excludes halogenated alkanes) is 2. The van der Waals surface area contributed by atoms with Crippen LogP contribution >= 0.6 is 0 Å². The number of piperidine rings is 1. The Labute approximate surface area is 288 Å². The highest BCUT2D eigenvalue weighted by Gasteiger charge is 2.40. The Bertz CT molecular complexity index is 1270. The Hall–Kier alpha value is -3.63. The highest BCUT2D eigenvalue weighted by molar-refractivity contribution is 5.90. The largest absolute Gasteiger partial charge is 0.490 e. The number of benzene rings is 2. The average molecular weight is 667 g/mol. The molecule has 266 valence electrons. The molecule has 2 unspecified atom stereocenters. The zero-order valence-corrected chi connectivity index (χ0v) is 30.0. The van der Waals surface area contributed by atoms with Crippen LogP contribution in [0.1, 0.15) is 99.2 Å². The number of likely N-dealkylation sites (tertiary alicyclic amines) is 1. The molecule has 2 aromatic rings. The van der Waals surface area contributed by atoms with Gasteiger partial charge in [-0.2, -0.15) is 0 Å². The van der Waals surface area contributed by atoms with Crippen molar-refractivity contribution in [3.8, 4) is 5.75 Å². The summed E-state index contributed by atoms with van der Waals surface area (Å²) in [4.78, 5) is 42.4. The van der Waals surface area contributed by atoms with E-state index >= 15 is 0 Å². The van der Waals surface area contributed by atoms with Gasteiger partial charge >= 0.3 is 5.97 Å². The van der Waals surface area contributed by atoms with Gasteiger partial charge in [0.25, 0.3) is 0 Å². The third-order valence-corrected chi connectivity index (χ3v) is 9.26. The standard InChI is InChI=1S/C29H39N3O4.C5H9NO2.C4H10/c1-5-6-7-25-24-13-10-21(29(34)35)18-26(24)32(19-27(33)30(2)3)28(25)20-8-11-22(12-9-20)36-23-14-16-31(4)17-15-23;7-5-6-1-3-8-4-2-6;1-3-4-2/h8-13,18,23,25,28H,5-7,14-17,19H2,1-4H3,(H,34,35);5H,1-4H2;3-4H2,1-2H3. The van der Waals surface area contributed by atoms with Gasteiger partial charge in [0.2, 0.25) is 12.3 Å². The summed E-state index contributed by atoms with van der Waals surface area (Å²) in [5.74, 6) is 0.0853. The molecule has 3 heterocycles. The minimum atomic E-state index is -0.958. The number of nitrogens with zero attached hydrogens (tertiary/aromatic N) is 4. The van der Waals surface area contributed by atoms with Gasteiger partial charge in [0.05, 0.1) is 31.4 Å². The van der Waals surface area contributed by atoms with Crippen molar-refractivity contribution in [3.05, 3.63) is 59.2 Å². The van der Waals surface area contributed by atoms with E-state index in [9.17, 15) is 19.5 Å². The summed E-state index contributed by atoms with van der Waals surface area (Å²) in [5, 5.41) is 9.63. The predicted octanol–water partition coefficient (Wildman–Crippen LogP) is 6.06. The summed E-state index contributed by atoms with van der Waals surface area (Å²) < 4.78 is 11.3. The zero-order chi connectivity index (χ0) is 35.1. The number of rotatable bonds is 11. The molecule has 0 bridgehead atoms. The molecule has 2 fully saturated rings. The lowest BCUT2D eigenvalue weighted by Crippen LogP contribution is -2.38. The molecule has 48 heavy (non-hydrogen) atoms. The van der Waals surface area contributed by atoms with Gasteiger partial charge in [-0.25, -0.2) is 4.79 Å². The van der Waals surface area contributed by atoms with Crippen LogP contribution in [0.15, 0.2) is 42.5 Å². The molecule has 10 nitrogen and oxygen atoms in total. The maximum atomic E-state index is 12.9. The van der Waals surface area contributed by atoms with Crippen LogP contribution in [0.3, 0.4) is 0 Å². The van der Waals surface area contributed by atoms with E-state index in [-0.39, 0.29) is 36.1 Å². The molecule has 2 saturated heterocycles. The number of aromatic carboxylic acids is 1. The van der Waals surface area contributed by atoms with Crippen molar-refractivity contribution < 1.29 is 29.0 Å². The molecule has 1 N–H and O–H groups in total. The van der Waals surface area contributed by atoms with Crippen LogP contribution < -0.4 is 9.64 Å². The van der Waals surface area contributed by atoms with Crippen molar-refractivity contribution in [1.29, 1.82) is 0 Å². The Balaban J connectivity index is 0.000000440. The Kier molecular flexibility index (Phi) is 16.2. The van der Waals surface area contributed by atoms with E-state index in [1.54, 1.807) is 36.0 Å². The summed E-state index contributed by atoms with van der Waals surface area (Å²) in [6, 6.07) is 13.6. The van der Waals surface area contributed by atoms with Crippen LogP contribution in [0.2, 0.25) is 0 Å². The molecular formula is C38H58N4O6. The van der Waals surface area contributed by atoms with Gasteiger partial charge in [-0.15, -0.1) is 0 Å². The fraction of sp³-hybridized carbons (Fsp3) is 0.605. The Morgan fingerprint density at radius 1 is 0.958 bits per heavy atom. The Morgan fingerprint density at radius 3 is 2.12 bits per heavy atom. The van der Waals surface area contributed by atoms with Crippen LogP contribution in [-0.4, -0.2) is 111 Å². The number of morpholine rings is 1. The second-order valence-electron chi connectivity index (χ2n) is 13.1. The maximum absolute atomic E-state index is 12.9. The highest BCUT2D eigenvalue weighted by atomic mass is 16.5. The lowest BCUT2D eigenvalue weighted by Gasteiger charge is -2.32. The van der Waals surface area contributed by atoms with Crippen LogP contribution in [-0.2, 0) is 14.3 Å². The van der Waals surface area contributed by atoms with Crippen molar-refractivity contribution in [1.82, 2.24) is 14.7 Å². The molecule has 0 radical (unpaired) electrons. The van der Waals surface area contributed by atoms with E-state index in [0.29, 0.717) is 13.2 Å². The van der Waals surface area contributed by atoms with Crippen molar-refractivity contribution in [2.45, 2.75) is 83.8 Å². The van der Waals surface area contributed by atoms with Crippen LogP contribution in [0.25, 0.3) is 0 Å². The van der Waals surface area contributed by atoms with E-state index in [0.717, 1.165) is 87.3 Å². The van der Waals surface area contributed by atoms with E-state index in [4.69, 9.17) is 9.47 Å². The molecule has 10 heteroatoms. The molecule has 0 aromatic heterocycles. The third kappa shape index (κ3) is 11.2. The van der Waals surface area contributed by atoms with Gasteiger partial charge in [0.1, 0.15) is 11.9 Å². The lowest BCUT2D eigenvalue weighted by atomic mass is 9.86. The fourth-order valence-electron chi connectivity index (χ4n) is 6.12. The monoisotopic (exact) mass is 666 g/mol. The number of ether oxygens (including phenoxy) is 2. The summed E-state index contributed by atoms with van der Waals surface area (Å²) in [6.07, 6.45) is 8.91. The van der Waals surface area contributed by atoms with Gasteiger partial charge in [-0.3, -0.25) is 9.59 Å². The molecule has 0 aliphatic carbocycles. The first-order valence-corrected chi connectivity index (χ1v) is 17.7. The van der Waals surface area contributed by atoms with Crippen molar-refractivity contribution in [3.63, 3.8) is 0 Å². The molecule has 2 atom stereocenters. The van der Waals surface area contributed by atoms with Crippen molar-refractivity contribution in [2.75, 3.05) is 72.0 Å². The molecule has 2 amide bonds. The van der Waals surface area contributed by atoms with Gasteiger partial charge < -0.3 is 34.2 Å². The van der Waals surface area contributed by atoms with Crippen molar-refractivity contribution in [2.24, 2.45) is 0 Å². The van der Waals surface area contributed by atoms with Crippen LogP contribution in [0.4, 0.5) is 5.69 Å². The summed E-state index contributed by atoms with van der Waals surface area (Å²) in [7, 11) is 5.66. The van der Waals surface area contributed by atoms with Gasteiger partial charge in [-0.1, -0.05) is 64.7 Å². The smallest absolute Gasteiger partial charge is 0.335 e. The molecule has 3 aliphatic heterocycles. The molecule has 5 rings (SSSR count). The quantitative estimate of drug-likeness (QED) is 0.289. The molecule has 2 aromatic carbocycles. The van der Waals surface area contributed by atoms with Crippen LogP contribution in [0, 0.1) is 0 Å². The summed E-state index contributed by atoms with van der Waals surface area (Å²) >= 11 is 0. The number of amides is 2. The van der Waals surface area contributed by atoms with Gasteiger partial charge in [-0.05, 0) is 61.7 Å². The first-order valence-electron chi connectivity index (χ1n) is 17.7. The second-order valence-corrected chi connectivity index (χ2v) is 13.1. The van der Waals surface area contributed by atoms with E-state index < -0.39 is 5.97 Å². The number of hydrogen-bond acceptors (Lipinski definition) is 7. The summed E-state index contributed by atoms with van der Waals surface area (Å²) in [6.45, 7) is 11.7. The molecular weight excluding hydrogens is 608 g/mol. The van der Waals surface area contributed by atoms with E-state index in [2.05, 4.69) is 49.8 Å². The van der Waals surface area contributed by atoms with E-state index in [1.165, 1.54) is 12.8 Å². The number of carboxylic acid groups (broad SMARTS) is 1. The summed E-state index contributed by atoms with van der Waals surface area (Å²) in [5.41, 5.74) is 3.33. The normalized spacial score (nSPS) is 19.3. The topological polar surface area (TPSA) is 103 Å². The zero-order valence-electron chi connectivity index (χ0n) is 30.0. The number of fused-ring (bicyclic) bond motifs is 1. The molecule has 0 saturated carbocycles. The second kappa shape index (κ2) is 20.0. The number of likely N-dealkylation sites (N-methyl/N-ethyl adjacent to an activating group) is 1. The van der Waals surface area contributed by atoms with E-state index in [1.807, 2.05) is 18.2 Å². The fourth-order valence-corrected chi connectivity index (χ4v) is 6.12. The predicted molar refractivity (Wildman–Crippen MR) is 191 cm³/mol. The minimum absolute atomic E-state index is 0.00922. The van der Waals surface area contributed by atoms with Crippen molar-refractivity contribution >= 4 is 24.0 Å². The molecule has 0 spiro atoms. The number of hydrogen-bond donors (Lipinski definition) is 1. The van der Waals surface area contributed by atoms with Crippen LogP contribution in [0.5, 0.6) is 5.75 Å². The number of carboxylic acids is 1. The number of carbonyl (C=O) groups is 3. The Morgan fingerprint density at radius 2 is 1.60 bits per heavy atom. The number of anilines is 1. The first kappa shape index (κ1) is 38.8. The highest BCUT2D eigenvalue weighted by Crippen LogP contribution is 2.51. The first-order chi connectivity index (χ1) is 23.1. The lowest BCUT2D eigenvalue weighted by molar-refractivity contribution is -0.127. The third-order valence-electron chi connectivity index (χ3n) is 9.26. The van der Waals surface area contributed by atoms with Gasteiger partial charge in [0, 0.05) is 51.9 Å². The number of carbonyl (C=O) groups excluding carboxylic acids is 2. The minimum Gasteiger partial charge on any atom is -0.490 e.